The van der Waals surface area contributed by atoms with Gasteiger partial charge in [-0.15, -0.1) is 0 Å². The Bertz CT molecular complexity index is 299. The van der Waals surface area contributed by atoms with E-state index in [1.807, 2.05) is 0 Å². The van der Waals surface area contributed by atoms with Gasteiger partial charge in [-0.05, 0) is 30.7 Å². The van der Waals surface area contributed by atoms with Crippen molar-refractivity contribution < 1.29 is 9.53 Å². The highest BCUT2D eigenvalue weighted by molar-refractivity contribution is 5.69. The Kier molecular flexibility index (Phi) is 6.96. The molecule has 118 valence electrons. The predicted octanol–water partition coefficient (Wildman–Crippen LogP) is 2.29. The molecule has 0 bridgehead atoms. The number of rotatable bonds is 6. The maximum absolute atomic E-state index is 11.5. The minimum Gasteiger partial charge on any atom is -0.469 e. The van der Waals surface area contributed by atoms with E-state index >= 15 is 0 Å². The van der Waals surface area contributed by atoms with Crippen LogP contribution in [0.4, 0.5) is 0 Å². The van der Waals surface area contributed by atoms with E-state index in [2.05, 4.69) is 37.9 Å². The third kappa shape index (κ3) is 6.71. The van der Waals surface area contributed by atoms with Crippen molar-refractivity contribution in [3.8, 4) is 0 Å². The number of esters is 1. The average molecular weight is 284 g/mol. The standard InChI is InChI=1S/C16H32N2O2/c1-6-7-18-10-13(9-15(19)20-5)8-14(11-18)17-12-16(2,3)4/h13-14,17H,6-12H2,1-5H3. The SMILES string of the molecule is CCCN1CC(CC(=O)OC)CC(NCC(C)(C)C)C1. The molecule has 4 heteroatoms. The van der Waals surface area contributed by atoms with E-state index in [-0.39, 0.29) is 5.97 Å². The molecule has 1 heterocycles. The molecule has 0 saturated carbocycles. The zero-order chi connectivity index (χ0) is 15.2. The van der Waals surface area contributed by atoms with Gasteiger partial charge in [0.2, 0.25) is 0 Å². The number of nitrogens with one attached hydrogen (secondary N) is 1. The molecule has 0 amide bonds. The molecular formula is C16H32N2O2. The highest BCUT2D eigenvalue weighted by Gasteiger charge is 2.29. The highest BCUT2D eigenvalue weighted by atomic mass is 16.5. The van der Waals surface area contributed by atoms with Crippen LogP contribution in [0.1, 0.15) is 47.0 Å². The molecule has 2 atom stereocenters. The van der Waals surface area contributed by atoms with Crippen molar-refractivity contribution in [2.45, 2.75) is 53.0 Å². The van der Waals surface area contributed by atoms with Gasteiger partial charge >= 0.3 is 5.97 Å². The van der Waals surface area contributed by atoms with Gasteiger partial charge in [0.25, 0.3) is 0 Å². The summed E-state index contributed by atoms with van der Waals surface area (Å²) in [6.45, 7) is 13.2. The van der Waals surface area contributed by atoms with Crippen molar-refractivity contribution in [2.75, 3.05) is 33.3 Å². The normalized spacial score (nSPS) is 24.6. The zero-order valence-corrected chi connectivity index (χ0v) is 13.9. The minimum atomic E-state index is -0.0806. The number of nitrogens with zero attached hydrogens (tertiary/aromatic N) is 1. The highest BCUT2D eigenvalue weighted by Crippen LogP contribution is 2.22. The summed E-state index contributed by atoms with van der Waals surface area (Å²) < 4.78 is 4.82. The van der Waals surface area contributed by atoms with Gasteiger partial charge in [-0.3, -0.25) is 4.79 Å². The lowest BCUT2D eigenvalue weighted by Gasteiger charge is -2.39. The van der Waals surface area contributed by atoms with E-state index in [0.29, 0.717) is 23.8 Å². The third-order valence-electron chi connectivity index (χ3n) is 3.76. The topological polar surface area (TPSA) is 41.6 Å². The van der Waals surface area contributed by atoms with Crippen LogP contribution < -0.4 is 5.32 Å². The molecule has 0 aromatic rings. The maximum atomic E-state index is 11.5. The second-order valence-electron chi connectivity index (χ2n) is 7.28. The van der Waals surface area contributed by atoms with Gasteiger partial charge in [-0.25, -0.2) is 0 Å². The van der Waals surface area contributed by atoms with E-state index in [0.717, 1.165) is 39.0 Å². The minimum absolute atomic E-state index is 0.0806. The number of hydrogen-bond donors (Lipinski definition) is 1. The molecule has 0 aromatic heterocycles. The monoisotopic (exact) mass is 284 g/mol. The summed E-state index contributed by atoms with van der Waals surface area (Å²) in [5, 5.41) is 3.68. The summed E-state index contributed by atoms with van der Waals surface area (Å²) in [4.78, 5) is 14.0. The first-order valence-corrected chi connectivity index (χ1v) is 7.86. The van der Waals surface area contributed by atoms with Gasteiger partial charge in [-0.1, -0.05) is 27.7 Å². The molecule has 2 unspecified atom stereocenters. The van der Waals surface area contributed by atoms with Gasteiger partial charge in [0.15, 0.2) is 0 Å². The Morgan fingerprint density at radius 2 is 2.05 bits per heavy atom. The Balaban J connectivity index is 2.53. The van der Waals surface area contributed by atoms with E-state index in [4.69, 9.17) is 4.74 Å². The largest absolute Gasteiger partial charge is 0.469 e. The third-order valence-corrected chi connectivity index (χ3v) is 3.76. The van der Waals surface area contributed by atoms with Crippen LogP contribution in [0.5, 0.6) is 0 Å². The number of piperidine rings is 1. The van der Waals surface area contributed by atoms with Crippen LogP contribution in [-0.4, -0.2) is 50.2 Å². The van der Waals surface area contributed by atoms with Crippen molar-refractivity contribution >= 4 is 5.97 Å². The van der Waals surface area contributed by atoms with E-state index in [9.17, 15) is 4.79 Å². The van der Waals surface area contributed by atoms with Crippen LogP contribution in [0.3, 0.4) is 0 Å². The number of ether oxygens (including phenoxy) is 1. The summed E-state index contributed by atoms with van der Waals surface area (Å²) in [7, 11) is 1.48. The summed E-state index contributed by atoms with van der Waals surface area (Å²) in [6.07, 6.45) is 2.78. The molecule has 1 fully saturated rings. The van der Waals surface area contributed by atoms with Crippen molar-refractivity contribution in [1.29, 1.82) is 0 Å². The molecule has 1 aliphatic heterocycles. The molecule has 1 aliphatic rings. The molecule has 0 aliphatic carbocycles. The molecule has 0 radical (unpaired) electrons. The quantitative estimate of drug-likeness (QED) is 0.760. The Morgan fingerprint density at radius 3 is 2.60 bits per heavy atom. The molecule has 4 nitrogen and oxygen atoms in total. The molecule has 0 aromatic carbocycles. The van der Waals surface area contributed by atoms with Crippen LogP contribution >= 0.6 is 0 Å². The first-order valence-electron chi connectivity index (χ1n) is 7.86. The fourth-order valence-electron chi connectivity index (χ4n) is 2.87. The molecule has 0 spiro atoms. The first-order chi connectivity index (χ1) is 9.34. The lowest BCUT2D eigenvalue weighted by atomic mass is 9.90. The van der Waals surface area contributed by atoms with Gasteiger partial charge in [0.05, 0.1) is 7.11 Å². The van der Waals surface area contributed by atoms with Crippen LogP contribution in [0.25, 0.3) is 0 Å². The van der Waals surface area contributed by atoms with Crippen LogP contribution in [0.15, 0.2) is 0 Å². The Morgan fingerprint density at radius 1 is 1.35 bits per heavy atom. The summed E-state index contributed by atoms with van der Waals surface area (Å²) in [5.41, 5.74) is 0.297. The van der Waals surface area contributed by atoms with E-state index in [1.54, 1.807) is 0 Å². The number of methoxy groups -OCH3 is 1. The second kappa shape index (κ2) is 7.99. The number of carbonyl (C=O) groups excluding carboxylic acids is 1. The first kappa shape index (κ1) is 17.4. The molecule has 1 N–H and O–H groups in total. The predicted molar refractivity (Wildman–Crippen MR) is 82.7 cm³/mol. The number of likely N-dealkylation sites (tertiary alicyclic amines) is 1. The smallest absolute Gasteiger partial charge is 0.305 e. The Hall–Kier alpha value is -0.610. The maximum Gasteiger partial charge on any atom is 0.305 e. The fraction of sp³-hybridized carbons (Fsp3) is 0.938. The fourth-order valence-corrected chi connectivity index (χ4v) is 2.87. The molecule has 1 rings (SSSR count). The lowest BCUT2D eigenvalue weighted by Crippen LogP contribution is -2.51. The van der Waals surface area contributed by atoms with Gasteiger partial charge in [-0.2, -0.15) is 0 Å². The summed E-state index contributed by atoms with van der Waals surface area (Å²) in [6, 6.07) is 0.490. The molecule has 1 saturated heterocycles. The zero-order valence-electron chi connectivity index (χ0n) is 13.9. The van der Waals surface area contributed by atoms with Crippen LogP contribution in [-0.2, 0) is 9.53 Å². The lowest BCUT2D eigenvalue weighted by molar-refractivity contribution is -0.142. The summed E-state index contributed by atoms with van der Waals surface area (Å²) >= 11 is 0. The van der Waals surface area contributed by atoms with Crippen LogP contribution in [0.2, 0.25) is 0 Å². The van der Waals surface area contributed by atoms with E-state index in [1.165, 1.54) is 7.11 Å². The average Bonchev–Trinajstić information content (AvgIpc) is 2.35. The van der Waals surface area contributed by atoms with Crippen molar-refractivity contribution in [3.05, 3.63) is 0 Å². The molecule has 20 heavy (non-hydrogen) atoms. The number of carbonyl (C=O) groups is 1. The van der Waals surface area contributed by atoms with Crippen molar-refractivity contribution in [2.24, 2.45) is 11.3 Å². The van der Waals surface area contributed by atoms with Crippen molar-refractivity contribution in [3.63, 3.8) is 0 Å². The molecular weight excluding hydrogens is 252 g/mol. The van der Waals surface area contributed by atoms with Crippen LogP contribution in [0, 0.1) is 11.3 Å². The van der Waals surface area contributed by atoms with Gasteiger partial charge in [0.1, 0.15) is 0 Å². The van der Waals surface area contributed by atoms with Gasteiger partial charge in [0, 0.05) is 32.1 Å². The number of hydrogen-bond acceptors (Lipinski definition) is 4. The Labute approximate surface area is 124 Å². The second-order valence-corrected chi connectivity index (χ2v) is 7.28. The van der Waals surface area contributed by atoms with Crippen molar-refractivity contribution in [1.82, 2.24) is 10.2 Å². The van der Waals surface area contributed by atoms with E-state index < -0.39 is 0 Å². The summed E-state index contributed by atoms with van der Waals surface area (Å²) in [5.74, 6) is 0.336. The van der Waals surface area contributed by atoms with Gasteiger partial charge < -0.3 is 15.0 Å².